The number of halogens is 1. The van der Waals surface area contributed by atoms with Gasteiger partial charge in [-0.3, -0.25) is 0 Å². The van der Waals surface area contributed by atoms with Crippen molar-refractivity contribution in [2.75, 3.05) is 12.9 Å². The van der Waals surface area contributed by atoms with Crippen LogP contribution in [0, 0.1) is 0 Å². The molecule has 0 radical (unpaired) electrons. The van der Waals surface area contributed by atoms with Gasteiger partial charge in [0, 0.05) is 29.6 Å². The summed E-state index contributed by atoms with van der Waals surface area (Å²) in [5.74, 6) is 0. The third-order valence-electron chi connectivity index (χ3n) is 5.29. The molecule has 7 heteroatoms. The molecule has 140 valence electrons. The molecule has 0 bridgehead atoms. The summed E-state index contributed by atoms with van der Waals surface area (Å²) >= 11 is 7.91. The molecule has 1 spiro atoms. The number of piperidine rings is 1. The normalized spacial score (nSPS) is 28.9. The number of hydrogen-bond acceptors (Lipinski definition) is 5. The van der Waals surface area contributed by atoms with Gasteiger partial charge in [-0.2, -0.15) is 0 Å². The highest BCUT2D eigenvalue weighted by Crippen LogP contribution is 2.50. The average molecular weight is 412 g/mol. The zero-order chi connectivity index (χ0) is 18.5. The summed E-state index contributed by atoms with van der Waals surface area (Å²) in [6.45, 7) is 2.85. The first-order valence-electron chi connectivity index (χ1n) is 8.75. The van der Waals surface area contributed by atoms with E-state index < -0.39 is 9.84 Å². The number of thiophene rings is 1. The van der Waals surface area contributed by atoms with Gasteiger partial charge in [0.25, 0.3) is 0 Å². The summed E-state index contributed by atoms with van der Waals surface area (Å²) in [5.41, 5.74) is 1.93. The molecule has 3 heterocycles. The van der Waals surface area contributed by atoms with E-state index in [4.69, 9.17) is 16.3 Å². The monoisotopic (exact) mass is 411 g/mol. The van der Waals surface area contributed by atoms with Gasteiger partial charge in [0.2, 0.25) is 0 Å². The molecule has 1 fully saturated rings. The molecule has 2 aliphatic heterocycles. The van der Waals surface area contributed by atoms with Gasteiger partial charge in [0.15, 0.2) is 9.84 Å². The molecule has 2 aromatic rings. The average Bonchev–Trinajstić information content (AvgIpc) is 2.96. The number of rotatable bonds is 2. The number of benzene rings is 1. The van der Waals surface area contributed by atoms with Crippen LogP contribution in [0.2, 0.25) is 4.34 Å². The maximum Gasteiger partial charge on any atom is 0.175 e. The third kappa shape index (κ3) is 3.34. The lowest BCUT2D eigenvalue weighted by Crippen LogP contribution is -2.49. The van der Waals surface area contributed by atoms with Gasteiger partial charge in [-0.25, -0.2) is 8.42 Å². The van der Waals surface area contributed by atoms with Gasteiger partial charge in [0.1, 0.15) is 5.60 Å². The van der Waals surface area contributed by atoms with Crippen LogP contribution >= 0.6 is 22.9 Å². The second kappa shape index (κ2) is 6.60. The van der Waals surface area contributed by atoms with Gasteiger partial charge in [0.05, 0.1) is 15.8 Å². The first-order valence-corrected chi connectivity index (χ1v) is 11.8. The minimum absolute atomic E-state index is 0.0345. The van der Waals surface area contributed by atoms with E-state index in [2.05, 4.69) is 18.3 Å². The number of hydrogen-bond donors (Lipinski definition) is 1. The Labute approximate surface area is 163 Å². The van der Waals surface area contributed by atoms with E-state index in [0.29, 0.717) is 11.5 Å². The highest BCUT2D eigenvalue weighted by atomic mass is 35.5. The first kappa shape index (κ1) is 18.4. The van der Waals surface area contributed by atoms with Crippen LogP contribution in [0.25, 0.3) is 0 Å². The second-order valence-corrected chi connectivity index (χ2v) is 11.1. The maximum atomic E-state index is 11.9. The quantitative estimate of drug-likeness (QED) is 0.808. The van der Waals surface area contributed by atoms with E-state index in [-0.39, 0.29) is 17.7 Å². The molecule has 1 N–H and O–H groups in total. The second-order valence-electron chi connectivity index (χ2n) is 7.37. The molecule has 1 aromatic heterocycles. The Kier molecular flexibility index (Phi) is 4.68. The minimum Gasteiger partial charge on any atom is -0.369 e. The lowest BCUT2D eigenvalue weighted by molar-refractivity contribution is -0.0954. The molecule has 3 atom stereocenters. The van der Waals surface area contributed by atoms with Crippen molar-refractivity contribution < 1.29 is 13.2 Å². The van der Waals surface area contributed by atoms with Crippen molar-refractivity contribution in [1.29, 1.82) is 0 Å². The zero-order valence-corrected chi connectivity index (χ0v) is 17.2. The Morgan fingerprint density at radius 2 is 2.12 bits per heavy atom. The van der Waals surface area contributed by atoms with Crippen LogP contribution in [0.5, 0.6) is 0 Å². The molecule has 0 aliphatic carbocycles. The third-order valence-corrected chi connectivity index (χ3v) is 7.89. The molecule has 4 rings (SSSR count). The molecule has 4 nitrogen and oxygen atoms in total. The fourth-order valence-electron chi connectivity index (χ4n) is 4.24. The van der Waals surface area contributed by atoms with Crippen LogP contribution in [-0.4, -0.2) is 27.3 Å². The predicted molar refractivity (Wildman–Crippen MR) is 105 cm³/mol. The van der Waals surface area contributed by atoms with Crippen molar-refractivity contribution in [2.24, 2.45) is 0 Å². The van der Waals surface area contributed by atoms with E-state index in [0.717, 1.165) is 29.2 Å². The van der Waals surface area contributed by atoms with Crippen molar-refractivity contribution in [2.45, 2.75) is 48.8 Å². The number of nitrogens with one attached hydrogen (secondary N) is 1. The van der Waals surface area contributed by atoms with Crippen LogP contribution < -0.4 is 5.32 Å². The fraction of sp³-hybridized carbons (Fsp3) is 0.474. The summed E-state index contributed by atoms with van der Waals surface area (Å²) in [4.78, 5) is 1.60. The summed E-state index contributed by atoms with van der Waals surface area (Å²) < 4.78 is 31.0. The van der Waals surface area contributed by atoms with Crippen LogP contribution in [0.15, 0.2) is 35.2 Å². The van der Waals surface area contributed by atoms with Crippen molar-refractivity contribution in [1.82, 2.24) is 5.32 Å². The van der Waals surface area contributed by atoms with Gasteiger partial charge in [-0.15, -0.1) is 11.3 Å². The Morgan fingerprint density at radius 3 is 2.88 bits per heavy atom. The van der Waals surface area contributed by atoms with Gasteiger partial charge >= 0.3 is 0 Å². The molecule has 0 saturated carbocycles. The molecule has 0 amide bonds. The Hall–Kier alpha value is -0.920. The summed E-state index contributed by atoms with van der Waals surface area (Å²) in [5, 5.41) is 3.62. The summed E-state index contributed by atoms with van der Waals surface area (Å²) in [6.07, 6.45) is 3.80. The smallest absolute Gasteiger partial charge is 0.175 e. The van der Waals surface area contributed by atoms with Gasteiger partial charge in [-0.1, -0.05) is 23.7 Å². The minimum atomic E-state index is -3.23. The number of fused-ring (bicyclic) bond motifs is 2. The predicted octanol–water partition coefficient (Wildman–Crippen LogP) is 4.09. The molecular formula is C19H22ClNO3S2. The van der Waals surface area contributed by atoms with E-state index in [1.54, 1.807) is 23.5 Å². The Bertz CT molecular complexity index is 940. The van der Waals surface area contributed by atoms with E-state index in [1.807, 2.05) is 12.1 Å². The van der Waals surface area contributed by atoms with Crippen molar-refractivity contribution in [3.05, 3.63) is 50.7 Å². The largest absolute Gasteiger partial charge is 0.369 e. The van der Waals surface area contributed by atoms with E-state index in [9.17, 15) is 8.42 Å². The topological polar surface area (TPSA) is 55.4 Å². The van der Waals surface area contributed by atoms with Crippen LogP contribution in [-0.2, 0) is 26.6 Å². The molecule has 1 aromatic carbocycles. The number of ether oxygens (including phenoxy) is 1. The Morgan fingerprint density at radius 1 is 1.31 bits per heavy atom. The lowest BCUT2D eigenvalue weighted by atomic mass is 9.78. The van der Waals surface area contributed by atoms with Crippen molar-refractivity contribution >= 4 is 32.8 Å². The SMILES string of the molecule is CC1CC2(CC(c3cccc(S(C)(=O)=O)c3)N1)OCCc1cc(Cl)sc12. The van der Waals surface area contributed by atoms with Crippen LogP contribution in [0.1, 0.15) is 41.8 Å². The summed E-state index contributed by atoms with van der Waals surface area (Å²) in [6, 6.07) is 9.59. The molecule has 1 saturated heterocycles. The van der Waals surface area contributed by atoms with Crippen molar-refractivity contribution in [3.8, 4) is 0 Å². The highest BCUT2D eigenvalue weighted by Gasteiger charge is 2.46. The standard InChI is InChI=1S/C19H22ClNO3S2/c1-12-10-19(18-14(6-7-24-19)9-17(20)25-18)11-16(21-12)13-4-3-5-15(8-13)26(2,22)23/h3-5,8-9,12,16,21H,6-7,10-11H2,1-2H3. The fourth-order valence-corrected chi connectivity index (χ4v) is 6.38. The molecule has 26 heavy (non-hydrogen) atoms. The van der Waals surface area contributed by atoms with Gasteiger partial charge in [-0.05, 0) is 49.1 Å². The van der Waals surface area contributed by atoms with E-state index >= 15 is 0 Å². The lowest BCUT2D eigenvalue weighted by Gasteiger charge is -2.46. The van der Waals surface area contributed by atoms with Gasteiger partial charge < -0.3 is 10.1 Å². The number of sulfone groups is 1. The zero-order valence-electron chi connectivity index (χ0n) is 14.8. The molecule has 2 aliphatic rings. The van der Waals surface area contributed by atoms with Crippen molar-refractivity contribution in [3.63, 3.8) is 0 Å². The molecule has 3 unspecified atom stereocenters. The Balaban J connectivity index is 1.73. The highest BCUT2D eigenvalue weighted by molar-refractivity contribution is 7.90. The first-order chi connectivity index (χ1) is 12.3. The van der Waals surface area contributed by atoms with E-state index in [1.165, 1.54) is 16.7 Å². The van der Waals surface area contributed by atoms with Crippen LogP contribution in [0.3, 0.4) is 0 Å². The molecular weight excluding hydrogens is 390 g/mol. The summed E-state index contributed by atoms with van der Waals surface area (Å²) in [7, 11) is -3.23. The maximum absolute atomic E-state index is 11.9. The van der Waals surface area contributed by atoms with Crippen LogP contribution in [0.4, 0.5) is 0 Å².